The Kier molecular flexibility index (Phi) is 2.37. The summed E-state index contributed by atoms with van der Waals surface area (Å²) in [4.78, 5) is 11.0. The van der Waals surface area contributed by atoms with Gasteiger partial charge in [0.15, 0.2) is 0 Å². The van der Waals surface area contributed by atoms with E-state index in [1.165, 1.54) is 5.56 Å². The van der Waals surface area contributed by atoms with E-state index in [1.807, 2.05) is 18.2 Å². The van der Waals surface area contributed by atoms with Gasteiger partial charge < -0.3 is 16.4 Å². The van der Waals surface area contributed by atoms with E-state index in [-0.39, 0.29) is 5.91 Å². The minimum absolute atomic E-state index is 0.00377. The Morgan fingerprint density at radius 1 is 1.36 bits per heavy atom. The minimum Gasteiger partial charge on any atom is -0.374 e. The monoisotopic (exact) mass is 191 g/mol. The van der Waals surface area contributed by atoms with Gasteiger partial charge in [0.05, 0.1) is 17.9 Å². The Morgan fingerprint density at radius 3 is 3.00 bits per heavy atom. The number of nitrogens with two attached hydrogens (primary N) is 1. The molecule has 0 saturated heterocycles. The van der Waals surface area contributed by atoms with Crippen LogP contribution in [0.25, 0.3) is 0 Å². The standard InChI is InChI=1S/C10H13N3O/c11-4-3-7-1-2-8-9(5-7)12-6-10(14)13-8/h1-2,5,12H,3-4,6,11H2,(H,13,14). The molecular formula is C10H13N3O. The van der Waals surface area contributed by atoms with Gasteiger partial charge in [0, 0.05) is 0 Å². The van der Waals surface area contributed by atoms with Crippen molar-refractivity contribution < 1.29 is 4.79 Å². The molecule has 1 heterocycles. The second-order valence-electron chi connectivity index (χ2n) is 3.32. The van der Waals surface area contributed by atoms with Crippen LogP contribution in [0.2, 0.25) is 0 Å². The van der Waals surface area contributed by atoms with Crippen LogP contribution in [0, 0.1) is 0 Å². The van der Waals surface area contributed by atoms with Crippen molar-refractivity contribution in [1.82, 2.24) is 0 Å². The lowest BCUT2D eigenvalue weighted by atomic mass is 10.1. The molecule has 1 aliphatic rings. The van der Waals surface area contributed by atoms with E-state index >= 15 is 0 Å². The molecule has 0 aliphatic carbocycles. The zero-order valence-electron chi connectivity index (χ0n) is 7.84. The number of hydrogen-bond donors (Lipinski definition) is 3. The van der Waals surface area contributed by atoms with Gasteiger partial charge in [0.1, 0.15) is 0 Å². The van der Waals surface area contributed by atoms with E-state index in [0.717, 1.165) is 17.8 Å². The number of anilines is 2. The van der Waals surface area contributed by atoms with E-state index in [1.54, 1.807) is 0 Å². The zero-order valence-corrected chi connectivity index (χ0v) is 7.84. The van der Waals surface area contributed by atoms with Crippen molar-refractivity contribution in [3.63, 3.8) is 0 Å². The van der Waals surface area contributed by atoms with Gasteiger partial charge in [-0.1, -0.05) is 6.07 Å². The summed E-state index contributed by atoms with van der Waals surface area (Å²) in [6.45, 7) is 0.990. The van der Waals surface area contributed by atoms with Crippen LogP contribution in [-0.2, 0) is 11.2 Å². The van der Waals surface area contributed by atoms with Crippen LogP contribution in [0.5, 0.6) is 0 Å². The van der Waals surface area contributed by atoms with Crippen LogP contribution in [0.3, 0.4) is 0 Å². The summed E-state index contributed by atoms with van der Waals surface area (Å²) in [6.07, 6.45) is 0.864. The first-order valence-corrected chi connectivity index (χ1v) is 4.66. The first-order valence-electron chi connectivity index (χ1n) is 4.66. The molecule has 1 amide bonds. The molecule has 0 bridgehead atoms. The smallest absolute Gasteiger partial charge is 0.243 e. The molecule has 0 spiro atoms. The summed E-state index contributed by atoms with van der Waals surface area (Å²) < 4.78 is 0. The number of hydrogen-bond acceptors (Lipinski definition) is 3. The van der Waals surface area contributed by atoms with Crippen molar-refractivity contribution in [3.05, 3.63) is 23.8 Å². The van der Waals surface area contributed by atoms with Crippen LogP contribution in [-0.4, -0.2) is 19.0 Å². The van der Waals surface area contributed by atoms with Crippen molar-refractivity contribution in [1.29, 1.82) is 0 Å². The number of carbonyl (C=O) groups is 1. The maximum absolute atomic E-state index is 11.0. The largest absolute Gasteiger partial charge is 0.374 e. The molecule has 14 heavy (non-hydrogen) atoms. The fourth-order valence-electron chi connectivity index (χ4n) is 1.54. The highest BCUT2D eigenvalue weighted by molar-refractivity contribution is 6.00. The lowest BCUT2D eigenvalue weighted by Gasteiger charge is -2.19. The van der Waals surface area contributed by atoms with Crippen LogP contribution in [0.4, 0.5) is 11.4 Å². The Bertz CT molecular complexity index is 362. The number of fused-ring (bicyclic) bond motifs is 1. The number of carbonyl (C=O) groups excluding carboxylic acids is 1. The molecule has 0 saturated carbocycles. The minimum atomic E-state index is 0.00377. The summed E-state index contributed by atoms with van der Waals surface area (Å²) >= 11 is 0. The lowest BCUT2D eigenvalue weighted by Crippen LogP contribution is -2.27. The summed E-state index contributed by atoms with van der Waals surface area (Å²) in [5.74, 6) is 0.00377. The van der Waals surface area contributed by atoms with Gasteiger partial charge in [0.2, 0.25) is 5.91 Å². The second kappa shape index (κ2) is 3.67. The molecule has 0 atom stereocenters. The van der Waals surface area contributed by atoms with Gasteiger partial charge >= 0.3 is 0 Å². The molecule has 1 aromatic carbocycles. The van der Waals surface area contributed by atoms with Gasteiger partial charge in [-0.25, -0.2) is 0 Å². The molecular weight excluding hydrogens is 178 g/mol. The van der Waals surface area contributed by atoms with Crippen molar-refractivity contribution in [3.8, 4) is 0 Å². The summed E-state index contributed by atoms with van der Waals surface area (Å²) in [7, 11) is 0. The summed E-state index contributed by atoms with van der Waals surface area (Å²) in [6, 6.07) is 5.92. The van der Waals surface area contributed by atoms with Gasteiger partial charge in [-0.2, -0.15) is 0 Å². The number of nitrogens with one attached hydrogen (secondary N) is 2. The van der Waals surface area contributed by atoms with E-state index < -0.39 is 0 Å². The van der Waals surface area contributed by atoms with Gasteiger partial charge in [-0.05, 0) is 30.7 Å². The number of rotatable bonds is 2. The van der Waals surface area contributed by atoms with E-state index in [4.69, 9.17) is 5.73 Å². The third-order valence-corrected chi connectivity index (χ3v) is 2.23. The molecule has 0 fully saturated rings. The SMILES string of the molecule is NCCc1ccc2c(c1)NCC(=O)N2. The van der Waals surface area contributed by atoms with Gasteiger partial charge in [-0.15, -0.1) is 0 Å². The summed E-state index contributed by atoms with van der Waals surface area (Å²) in [5, 5.41) is 5.85. The summed E-state index contributed by atoms with van der Waals surface area (Å²) in [5.41, 5.74) is 8.49. The van der Waals surface area contributed by atoms with E-state index in [9.17, 15) is 4.79 Å². The molecule has 4 N–H and O–H groups in total. The van der Waals surface area contributed by atoms with Crippen molar-refractivity contribution in [2.24, 2.45) is 5.73 Å². The van der Waals surface area contributed by atoms with Crippen LogP contribution < -0.4 is 16.4 Å². The quantitative estimate of drug-likeness (QED) is 0.639. The lowest BCUT2D eigenvalue weighted by molar-refractivity contribution is -0.114. The van der Waals surface area contributed by atoms with Crippen LogP contribution in [0.15, 0.2) is 18.2 Å². The van der Waals surface area contributed by atoms with Gasteiger partial charge in [0.25, 0.3) is 0 Å². The molecule has 2 rings (SSSR count). The van der Waals surface area contributed by atoms with E-state index in [0.29, 0.717) is 13.1 Å². The molecule has 4 heteroatoms. The molecule has 0 radical (unpaired) electrons. The predicted octanol–water partition coefficient (Wildman–Crippen LogP) is 0.552. The first kappa shape index (κ1) is 9.02. The molecule has 1 aromatic rings. The molecule has 0 unspecified atom stereocenters. The van der Waals surface area contributed by atoms with Gasteiger partial charge in [-0.3, -0.25) is 4.79 Å². The topological polar surface area (TPSA) is 67.1 Å². The highest BCUT2D eigenvalue weighted by Gasteiger charge is 2.13. The van der Waals surface area contributed by atoms with Crippen LogP contribution >= 0.6 is 0 Å². The third-order valence-electron chi connectivity index (χ3n) is 2.23. The molecule has 1 aliphatic heterocycles. The Balaban J connectivity index is 2.26. The number of benzene rings is 1. The van der Waals surface area contributed by atoms with Crippen molar-refractivity contribution in [2.75, 3.05) is 23.7 Å². The van der Waals surface area contributed by atoms with Crippen LogP contribution in [0.1, 0.15) is 5.56 Å². The second-order valence-corrected chi connectivity index (χ2v) is 3.32. The molecule has 4 nitrogen and oxygen atoms in total. The average molecular weight is 191 g/mol. The number of amides is 1. The zero-order chi connectivity index (χ0) is 9.97. The third kappa shape index (κ3) is 1.70. The Morgan fingerprint density at radius 2 is 2.21 bits per heavy atom. The fraction of sp³-hybridized carbons (Fsp3) is 0.300. The highest BCUT2D eigenvalue weighted by atomic mass is 16.2. The van der Waals surface area contributed by atoms with E-state index in [2.05, 4.69) is 10.6 Å². The maximum atomic E-state index is 11.0. The first-order chi connectivity index (χ1) is 6.79. The normalized spacial score (nSPS) is 14.2. The molecule has 0 aromatic heterocycles. The average Bonchev–Trinajstić information content (AvgIpc) is 2.19. The highest BCUT2D eigenvalue weighted by Crippen LogP contribution is 2.25. The fourth-order valence-corrected chi connectivity index (χ4v) is 1.54. The molecule has 74 valence electrons. The predicted molar refractivity (Wildman–Crippen MR) is 56.3 cm³/mol. The Labute approximate surface area is 82.5 Å². The van der Waals surface area contributed by atoms with Crippen molar-refractivity contribution in [2.45, 2.75) is 6.42 Å². The Hall–Kier alpha value is -1.55. The van der Waals surface area contributed by atoms with Crippen molar-refractivity contribution >= 4 is 17.3 Å². The maximum Gasteiger partial charge on any atom is 0.243 e.